The van der Waals surface area contributed by atoms with Gasteiger partial charge in [-0.2, -0.15) is 13.2 Å². The van der Waals surface area contributed by atoms with Crippen LogP contribution in [0.5, 0.6) is 0 Å². The van der Waals surface area contributed by atoms with E-state index in [9.17, 15) is 18.0 Å². The van der Waals surface area contributed by atoms with Crippen molar-refractivity contribution in [2.45, 2.75) is 12.6 Å². The Hall–Kier alpha value is -1.43. The maximum Gasteiger partial charge on any atom is 0.390 e. The van der Waals surface area contributed by atoms with Crippen molar-refractivity contribution in [2.75, 3.05) is 12.3 Å². The second-order valence-electron chi connectivity index (χ2n) is 3.35. The molecule has 1 rings (SSSR count). The fourth-order valence-electron chi connectivity index (χ4n) is 1.14. The second kappa shape index (κ2) is 5.27. The van der Waals surface area contributed by atoms with Crippen molar-refractivity contribution in [3.8, 4) is 0 Å². The van der Waals surface area contributed by atoms with Crippen molar-refractivity contribution in [3.63, 3.8) is 0 Å². The normalized spacial score (nSPS) is 11.3. The monoisotopic (exact) mass is 266 g/mol. The van der Waals surface area contributed by atoms with Crippen LogP contribution in [0.3, 0.4) is 0 Å². The third kappa shape index (κ3) is 4.52. The van der Waals surface area contributed by atoms with Crippen molar-refractivity contribution < 1.29 is 18.0 Å². The van der Waals surface area contributed by atoms with E-state index in [1.54, 1.807) is 0 Å². The highest BCUT2D eigenvalue weighted by atomic mass is 35.5. The van der Waals surface area contributed by atoms with E-state index >= 15 is 0 Å². The lowest BCUT2D eigenvalue weighted by atomic mass is 10.1. The minimum atomic E-state index is -4.30. The van der Waals surface area contributed by atoms with Crippen LogP contribution in [0.25, 0.3) is 0 Å². The number of anilines is 1. The average Bonchev–Trinajstić information content (AvgIpc) is 2.19. The van der Waals surface area contributed by atoms with Gasteiger partial charge in [0.1, 0.15) is 0 Å². The molecule has 0 aromatic heterocycles. The molecule has 1 aromatic rings. The maximum atomic E-state index is 11.9. The molecule has 0 heterocycles. The lowest BCUT2D eigenvalue weighted by Gasteiger charge is -2.09. The van der Waals surface area contributed by atoms with Gasteiger partial charge < -0.3 is 11.1 Å². The zero-order chi connectivity index (χ0) is 13.1. The van der Waals surface area contributed by atoms with Crippen LogP contribution in [0.4, 0.5) is 18.9 Å². The number of carbonyl (C=O) groups is 1. The van der Waals surface area contributed by atoms with Crippen LogP contribution >= 0.6 is 11.6 Å². The summed E-state index contributed by atoms with van der Waals surface area (Å²) in [6.45, 7) is -0.492. The molecule has 0 fully saturated rings. The van der Waals surface area contributed by atoms with Gasteiger partial charge in [-0.1, -0.05) is 11.6 Å². The summed E-state index contributed by atoms with van der Waals surface area (Å²) in [5, 5.41) is 2.42. The molecule has 0 aliphatic heterocycles. The van der Waals surface area contributed by atoms with E-state index in [4.69, 9.17) is 17.3 Å². The van der Waals surface area contributed by atoms with Crippen molar-refractivity contribution in [1.82, 2.24) is 5.32 Å². The Kier molecular flexibility index (Phi) is 4.22. The molecule has 0 bridgehead atoms. The number of nitrogens with two attached hydrogens (primary N) is 1. The third-order valence-corrected chi connectivity index (χ3v) is 2.19. The molecular weight excluding hydrogens is 257 g/mol. The molecule has 1 aromatic carbocycles. The molecule has 0 spiro atoms. The Morgan fingerprint density at radius 2 is 2.06 bits per heavy atom. The smallest absolute Gasteiger partial charge is 0.390 e. The van der Waals surface area contributed by atoms with Crippen LogP contribution in [0.1, 0.15) is 16.8 Å². The van der Waals surface area contributed by atoms with Gasteiger partial charge in [-0.15, -0.1) is 0 Å². The summed E-state index contributed by atoms with van der Waals surface area (Å²) in [7, 11) is 0. The summed E-state index contributed by atoms with van der Waals surface area (Å²) in [5.74, 6) is -0.672. The van der Waals surface area contributed by atoms with Crippen molar-refractivity contribution in [3.05, 3.63) is 28.8 Å². The highest BCUT2D eigenvalue weighted by molar-refractivity contribution is 6.31. The zero-order valence-electron chi connectivity index (χ0n) is 8.64. The Labute approximate surface area is 101 Å². The van der Waals surface area contributed by atoms with Gasteiger partial charge in [-0.05, 0) is 18.2 Å². The fraction of sp³-hybridized carbons (Fsp3) is 0.300. The fourth-order valence-corrected chi connectivity index (χ4v) is 1.31. The quantitative estimate of drug-likeness (QED) is 0.826. The number of hydrogen-bond acceptors (Lipinski definition) is 2. The molecule has 1 amide bonds. The summed E-state index contributed by atoms with van der Waals surface area (Å²) < 4.78 is 35.6. The van der Waals surface area contributed by atoms with Gasteiger partial charge in [0.05, 0.1) is 12.0 Å². The van der Waals surface area contributed by atoms with Gasteiger partial charge in [0, 0.05) is 17.3 Å². The topological polar surface area (TPSA) is 55.1 Å². The molecule has 3 nitrogen and oxygen atoms in total. The second-order valence-corrected chi connectivity index (χ2v) is 3.79. The molecule has 0 saturated carbocycles. The van der Waals surface area contributed by atoms with Gasteiger partial charge in [0.2, 0.25) is 0 Å². The molecule has 0 aliphatic carbocycles. The number of carbonyl (C=O) groups excluding carboxylic acids is 1. The molecule has 3 N–H and O–H groups in total. The molecule has 0 saturated heterocycles. The number of hydrogen-bond donors (Lipinski definition) is 2. The number of nitrogens with one attached hydrogen (secondary N) is 1. The molecule has 94 valence electrons. The Morgan fingerprint density at radius 3 is 2.65 bits per heavy atom. The van der Waals surface area contributed by atoms with Crippen molar-refractivity contribution in [1.29, 1.82) is 0 Å². The van der Waals surface area contributed by atoms with Crippen molar-refractivity contribution in [2.24, 2.45) is 0 Å². The highest BCUT2D eigenvalue weighted by Crippen LogP contribution is 2.19. The van der Waals surface area contributed by atoms with Gasteiger partial charge >= 0.3 is 6.18 Å². The zero-order valence-corrected chi connectivity index (χ0v) is 9.40. The van der Waals surface area contributed by atoms with Gasteiger partial charge in [-0.3, -0.25) is 4.79 Å². The SMILES string of the molecule is Nc1ccc(Cl)cc1C(=O)NCCC(F)(F)F. The minimum absolute atomic E-state index is 0.0691. The molecule has 0 aliphatic rings. The Morgan fingerprint density at radius 1 is 1.41 bits per heavy atom. The van der Waals surface area contributed by atoms with Crippen LogP contribution in [0, 0.1) is 0 Å². The van der Waals surface area contributed by atoms with Crippen LogP contribution in [-0.4, -0.2) is 18.6 Å². The van der Waals surface area contributed by atoms with Crippen LogP contribution in [0.2, 0.25) is 5.02 Å². The molecular formula is C10H10ClF3N2O. The number of benzene rings is 1. The van der Waals surface area contributed by atoms with Gasteiger partial charge in [0.15, 0.2) is 0 Å². The standard InChI is InChI=1S/C10H10ClF3N2O/c11-6-1-2-8(15)7(5-6)9(17)16-4-3-10(12,13)14/h1-2,5H,3-4,15H2,(H,16,17). The Balaban J connectivity index is 2.61. The predicted molar refractivity (Wildman–Crippen MR) is 58.9 cm³/mol. The van der Waals surface area contributed by atoms with Gasteiger partial charge in [-0.25, -0.2) is 0 Å². The summed E-state index contributed by atoms with van der Waals surface area (Å²) in [6.07, 6.45) is -5.38. The number of rotatable bonds is 3. The lowest BCUT2D eigenvalue weighted by Crippen LogP contribution is -2.28. The minimum Gasteiger partial charge on any atom is -0.398 e. The number of halogens is 4. The number of amides is 1. The summed E-state index contributed by atoms with van der Waals surface area (Å²) in [5.41, 5.74) is 5.74. The summed E-state index contributed by atoms with van der Waals surface area (Å²) in [4.78, 5) is 11.5. The van der Waals surface area contributed by atoms with E-state index in [0.717, 1.165) is 0 Å². The molecule has 17 heavy (non-hydrogen) atoms. The molecule has 7 heteroatoms. The third-order valence-electron chi connectivity index (χ3n) is 1.95. The van der Waals surface area contributed by atoms with Gasteiger partial charge in [0.25, 0.3) is 5.91 Å². The highest BCUT2D eigenvalue weighted by Gasteiger charge is 2.26. The average molecular weight is 267 g/mol. The van der Waals surface area contributed by atoms with Crippen LogP contribution in [0.15, 0.2) is 18.2 Å². The molecule has 0 atom stereocenters. The predicted octanol–water partition coefficient (Wildman–Crippen LogP) is 2.60. The molecule has 0 radical (unpaired) electrons. The first-order valence-corrected chi connectivity index (χ1v) is 5.07. The van der Waals surface area contributed by atoms with Crippen LogP contribution < -0.4 is 11.1 Å². The van der Waals surface area contributed by atoms with Crippen LogP contribution in [-0.2, 0) is 0 Å². The summed E-state index contributed by atoms with van der Waals surface area (Å²) in [6, 6.07) is 4.21. The first kappa shape index (κ1) is 13.6. The van der Waals surface area contributed by atoms with Crippen molar-refractivity contribution >= 4 is 23.2 Å². The first-order valence-electron chi connectivity index (χ1n) is 4.69. The van der Waals surface area contributed by atoms with E-state index in [1.165, 1.54) is 18.2 Å². The molecule has 0 unspecified atom stereocenters. The van der Waals surface area contributed by atoms with E-state index in [0.29, 0.717) is 5.02 Å². The maximum absolute atomic E-state index is 11.9. The van der Waals surface area contributed by atoms with E-state index < -0.39 is 25.0 Å². The largest absolute Gasteiger partial charge is 0.398 e. The lowest BCUT2D eigenvalue weighted by molar-refractivity contribution is -0.132. The first-order chi connectivity index (χ1) is 7.79. The Bertz CT molecular complexity index is 421. The number of alkyl halides is 3. The van der Waals surface area contributed by atoms with E-state index in [-0.39, 0.29) is 11.3 Å². The summed E-state index contributed by atoms with van der Waals surface area (Å²) >= 11 is 5.65. The van der Waals surface area contributed by atoms with E-state index in [1.807, 2.05) is 0 Å². The van der Waals surface area contributed by atoms with E-state index in [2.05, 4.69) is 5.32 Å². The number of nitrogen functional groups attached to an aromatic ring is 1.